The van der Waals surface area contributed by atoms with E-state index >= 15 is 0 Å². The van der Waals surface area contributed by atoms with Crippen molar-refractivity contribution in [2.75, 3.05) is 6.54 Å². The molecular weight excluding hydrogens is 358 g/mol. The number of nitro benzene ring substituents is 1. The summed E-state index contributed by atoms with van der Waals surface area (Å²) in [6.07, 6.45) is 2.90. The highest BCUT2D eigenvalue weighted by Crippen LogP contribution is 2.19. The van der Waals surface area contributed by atoms with E-state index in [1.807, 2.05) is 24.4 Å². The Kier molecular flexibility index (Phi) is 5.90. The van der Waals surface area contributed by atoms with Crippen LogP contribution in [0.5, 0.6) is 0 Å². The molecule has 5 nitrogen and oxygen atoms in total. The van der Waals surface area contributed by atoms with Gasteiger partial charge in [-0.05, 0) is 24.6 Å². The quantitative estimate of drug-likeness (QED) is 0.388. The number of hydrogen-bond acceptors (Lipinski definition) is 3. The second-order valence-corrected chi connectivity index (χ2v) is 5.17. The van der Waals surface area contributed by atoms with Gasteiger partial charge in [-0.25, -0.2) is 0 Å². The van der Waals surface area contributed by atoms with E-state index in [1.54, 1.807) is 12.1 Å². The van der Waals surface area contributed by atoms with Gasteiger partial charge in [0.2, 0.25) is 0 Å². The van der Waals surface area contributed by atoms with E-state index in [1.165, 1.54) is 17.0 Å². The molecule has 0 aliphatic heterocycles. The van der Waals surface area contributed by atoms with E-state index < -0.39 is 0 Å². The smallest absolute Gasteiger partial charge is 0.273 e. The molecule has 3 aromatic rings. The number of halogens is 1. The number of hydrogen-bond donors (Lipinski definition) is 2. The summed E-state index contributed by atoms with van der Waals surface area (Å²) >= 11 is 0. The first-order chi connectivity index (χ1) is 10.8. The number of para-hydroxylation sites is 2. The Morgan fingerprint density at radius 2 is 1.78 bits per heavy atom. The number of aromatic amines is 1. The van der Waals surface area contributed by atoms with Gasteiger partial charge in [0, 0.05) is 35.3 Å². The maximum atomic E-state index is 11.0. The molecule has 0 unspecified atom stereocenters. The highest BCUT2D eigenvalue weighted by atomic mass is 79.9. The molecule has 1 heterocycles. The number of rotatable bonds is 6. The summed E-state index contributed by atoms with van der Waals surface area (Å²) < 4.78 is 0. The van der Waals surface area contributed by atoms with Crippen molar-refractivity contribution in [2.24, 2.45) is 0 Å². The predicted octanol–water partition coefficient (Wildman–Crippen LogP) is 3.99. The zero-order valence-corrected chi connectivity index (χ0v) is 14.2. The molecule has 0 saturated carbocycles. The molecule has 0 aliphatic rings. The van der Waals surface area contributed by atoms with Crippen molar-refractivity contribution in [3.8, 4) is 0 Å². The molecule has 2 N–H and O–H groups in total. The number of nitro groups is 1. The Labute approximate surface area is 144 Å². The van der Waals surface area contributed by atoms with Crippen LogP contribution >= 0.6 is 17.0 Å². The van der Waals surface area contributed by atoms with Crippen LogP contribution < -0.4 is 5.32 Å². The summed E-state index contributed by atoms with van der Waals surface area (Å²) in [6, 6.07) is 15.0. The van der Waals surface area contributed by atoms with Crippen LogP contribution in [0.25, 0.3) is 10.9 Å². The summed E-state index contributed by atoms with van der Waals surface area (Å²) in [7, 11) is 0. The van der Waals surface area contributed by atoms with Crippen molar-refractivity contribution in [1.82, 2.24) is 10.3 Å². The first kappa shape index (κ1) is 17.2. The second kappa shape index (κ2) is 7.89. The number of benzene rings is 2. The van der Waals surface area contributed by atoms with E-state index in [2.05, 4.69) is 22.4 Å². The van der Waals surface area contributed by atoms with Crippen LogP contribution in [0.4, 0.5) is 5.69 Å². The highest BCUT2D eigenvalue weighted by molar-refractivity contribution is 8.93. The average molecular weight is 376 g/mol. The number of nitrogens with one attached hydrogen (secondary N) is 2. The molecule has 0 amide bonds. The Bertz CT molecular complexity index is 801. The molecule has 0 radical (unpaired) electrons. The average Bonchev–Trinajstić information content (AvgIpc) is 2.95. The normalized spacial score (nSPS) is 10.4. The van der Waals surface area contributed by atoms with Crippen LogP contribution in [0.2, 0.25) is 0 Å². The van der Waals surface area contributed by atoms with Gasteiger partial charge >= 0.3 is 0 Å². The summed E-state index contributed by atoms with van der Waals surface area (Å²) in [4.78, 5) is 13.9. The van der Waals surface area contributed by atoms with Crippen molar-refractivity contribution < 1.29 is 4.92 Å². The third kappa shape index (κ3) is 3.97. The molecule has 120 valence electrons. The molecule has 0 fully saturated rings. The maximum Gasteiger partial charge on any atom is 0.273 e. The largest absolute Gasteiger partial charge is 0.361 e. The Hall–Kier alpha value is -2.18. The lowest BCUT2D eigenvalue weighted by atomic mass is 10.1. The number of aromatic nitrogens is 1. The SMILES string of the molecule is Br.O=[N+]([O-])c1ccccc1CNCCc1c[nH]c2ccccc12. The van der Waals surface area contributed by atoms with Gasteiger partial charge < -0.3 is 10.3 Å². The summed E-state index contributed by atoms with van der Waals surface area (Å²) in [5.41, 5.74) is 3.27. The minimum Gasteiger partial charge on any atom is -0.361 e. The lowest BCUT2D eigenvalue weighted by Crippen LogP contribution is -2.17. The zero-order valence-electron chi connectivity index (χ0n) is 12.5. The molecule has 3 rings (SSSR count). The molecule has 23 heavy (non-hydrogen) atoms. The van der Waals surface area contributed by atoms with Crippen molar-refractivity contribution in [1.29, 1.82) is 0 Å². The van der Waals surface area contributed by atoms with E-state index in [-0.39, 0.29) is 27.6 Å². The molecular formula is C17H18BrN3O2. The van der Waals surface area contributed by atoms with E-state index in [9.17, 15) is 10.1 Å². The molecule has 2 aromatic carbocycles. The monoisotopic (exact) mass is 375 g/mol. The second-order valence-electron chi connectivity index (χ2n) is 5.17. The highest BCUT2D eigenvalue weighted by Gasteiger charge is 2.11. The number of fused-ring (bicyclic) bond motifs is 1. The fourth-order valence-electron chi connectivity index (χ4n) is 2.62. The van der Waals surface area contributed by atoms with E-state index in [0.29, 0.717) is 12.1 Å². The molecule has 0 aliphatic carbocycles. The first-order valence-electron chi connectivity index (χ1n) is 7.24. The fourth-order valence-corrected chi connectivity index (χ4v) is 2.62. The summed E-state index contributed by atoms with van der Waals surface area (Å²) in [5.74, 6) is 0. The van der Waals surface area contributed by atoms with E-state index in [4.69, 9.17) is 0 Å². The topological polar surface area (TPSA) is 71.0 Å². The van der Waals surface area contributed by atoms with Gasteiger partial charge in [0.1, 0.15) is 0 Å². The molecule has 1 aromatic heterocycles. The summed E-state index contributed by atoms with van der Waals surface area (Å²) in [5, 5.41) is 15.5. The van der Waals surface area contributed by atoms with Gasteiger partial charge in [-0.1, -0.05) is 36.4 Å². The predicted molar refractivity (Wildman–Crippen MR) is 97.1 cm³/mol. The van der Waals surface area contributed by atoms with Gasteiger partial charge in [-0.2, -0.15) is 0 Å². The molecule has 0 spiro atoms. The first-order valence-corrected chi connectivity index (χ1v) is 7.24. The third-order valence-electron chi connectivity index (χ3n) is 3.75. The van der Waals surface area contributed by atoms with E-state index in [0.717, 1.165) is 18.5 Å². The van der Waals surface area contributed by atoms with Crippen LogP contribution in [-0.2, 0) is 13.0 Å². The van der Waals surface area contributed by atoms with Crippen molar-refractivity contribution >= 4 is 33.6 Å². The van der Waals surface area contributed by atoms with Crippen LogP contribution in [0.3, 0.4) is 0 Å². The van der Waals surface area contributed by atoms with Crippen molar-refractivity contribution in [3.05, 3.63) is 76.0 Å². The van der Waals surface area contributed by atoms with Gasteiger partial charge in [-0.3, -0.25) is 10.1 Å². The molecule has 0 bridgehead atoms. The minimum atomic E-state index is -0.337. The lowest BCUT2D eigenvalue weighted by molar-refractivity contribution is -0.385. The van der Waals surface area contributed by atoms with Crippen molar-refractivity contribution in [3.63, 3.8) is 0 Å². The molecule has 0 saturated heterocycles. The number of H-pyrrole nitrogens is 1. The van der Waals surface area contributed by atoms with Gasteiger partial charge in [-0.15, -0.1) is 17.0 Å². The number of nitrogens with zero attached hydrogens (tertiary/aromatic N) is 1. The van der Waals surface area contributed by atoms with Crippen LogP contribution in [-0.4, -0.2) is 16.5 Å². The third-order valence-corrected chi connectivity index (χ3v) is 3.75. The van der Waals surface area contributed by atoms with Gasteiger partial charge in [0.25, 0.3) is 5.69 Å². The Morgan fingerprint density at radius 3 is 2.61 bits per heavy atom. The molecule has 0 atom stereocenters. The van der Waals surface area contributed by atoms with Gasteiger partial charge in [0.15, 0.2) is 0 Å². The standard InChI is InChI=1S/C17H17N3O2.BrH/c21-20(22)17-8-4-1-5-14(17)11-18-10-9-13-12-19-16-7-3-2-6-15(13)16;/h1-8,12,18-19H,9-11H2;1H. The minimum absolute atomic E-state index is 0. The Balaban J connectivity index is 0.00000192. The lowest BCUT2D eigenvalue weighted by Gasteiger charge is -2.05. The maximum absolute atomic E-state index is 11.0. The zero-order chi connectivity index (χ0) is 15.4. The Morgan fingerprint density at radius 1 is 1.04 bits per heavy atom. The van der Waals surface area contributed by atoms with Crippen LogP contribution in [0.1, 0.15) is 11.1 Å². The summed E-state index contributed by atoms with van der Waals surface area (Å²) in [6.45, 7) is 1.27. The van der Waals surface area contributed by atoms with Gasteiger partial charge in [0.05, 0.1) is 4.92 Å². The van der Waals surface area contributed by atoms with Crippen LogP contribution in [0, 0.1) is 10.1 Å². The molecule has 6 heteroatoms. The fraction of sp³-hybridized carbons (Fsp3) is 0.176. The van der Waals surface area contributed by atoms with Crippen LogP contribution in [0.15, 0.2) is 54.7 Å². The van der Waals surface area contributed by atoms with Crippen molar-refractivity contribution in [2.45, 2.75) is 13.0 Å².